The molecule has 0 saturated heterocycles. The molecule has 0 unspecified atom stereocenters. The number of rotatable bonds is 6. The molecule has 0 aliphatic heterocycles. The van der Waals surface area contributed by atoms with E-state index in [1.54, 1.807) is 19.2 Å². The molecule has 0 bridgehead atoms. The zero-order valence-corrected chi connectivity index (χ0v) is 13.5. The fraction of sp³-hybridized carbons (Fsp3) is 0.167. The van der Waals surface area contributed by atoms with Gasteiger partial charge in [-0.1, -0.05) is 24.3 Å². The van der Waals surface area contributed by atoms with Crippen LogP contribution in [-0.4, -0.2) is 29.8 Å². The van der Waals surface area contributed by atoms with Crippen LogP contribution in [0.3, 0.4) is 0 Å². The average molecular weight is 341 g/mol. The first kappa shape index (κ1) is 16.6. The Morgan fingerprint density at radius 3 is 2.84 bits per heavy atom. The van der Waals surface area contributed by atoms with Gasteiger partial charge in [-0.05, 0) is 36.2 Å². The molecule has 1 amide bonds. The summed E-state index contributed by atoms with van der Waals surface area (Å²) in [4.78, 5) is 12.1. The van der Waals surface area contributed by atoms with E-state index in [0.29, 0.717) is 13.0 Å². The first-order chi connectivity index (χ1) is 12.2. The average Bonchev–Trinajstić information content (AvgIpc) is 3.12. The Morgan fingerprint density at radius 1 is 1.20 bits per heavy atom. The van der Waals surface area contributed by atoms with Crippen LogP contribution >= 0.6 is 0 Å². The largest absolute Gasteiger partial charge is 0.497 e. The highest BCUT2D eigenvalue weighted by Crippen LogP contribution is 2.20. The smallest absolute Gasteiger partial charge is 0.308 e. The molecule has 1 heterocycles. The van der Waals surface area contributed by atoms with E-state index in [4.69, 9.17) is 9.15 Å². The van der Waals surface area contributed by atoms with Crippen molar-refractivity contribution in [1.29, 1.82) is 0 Å². The molecule has 128 valence electrons. The minimum atomic E-state index is -0.502. The summed E-state index contributed by atoms with van der Waals surface area (Å²) < 4.78 is 24.1. The van der Waals surface area contributed by atoms with Crippen LogP contribution in [0.2, 0.25) is 0 Å². The van der Waals surface area contributed by atoms with E-state index in [9.17, 15) is 9.18 Å². The number of amides is 1. The molecule has 1 aromatic heterocycles. The Bertz CT molecular complexity index is 879. The number of carbonyl (C=O) groups is 1. The van der Waals surface area contributed by atoms with Crippen molar-refractivity contribution in [3.05, 3.63) is 65.8 Å². The molecular weight excluding hydrogens is 325 g/mol. The van der Waals surface area contributed by atoms with E-state index >= 15 is 0 Å². The summed E-state index contributed by atoms with van der Waals surface area (Å²) in [5, 5.41) is 10.1. The third-order valence-electron chi connectivity index (χ3n) is 3.56. The predicted octanol–water partition coefficient (Wildman–Crippen LogP) is 2.86. The SMILES string of the molecule is COc1cccc(CCNC(=O)c2nnc(-c3ccccc3F)o2)c1. The second kappa shape index (κ2) is 7.57. The molecule has 2 aromatic carbocycles. The lowest BCUT2D eigenvalue weighted by Crippen LogP contribution is -2.26. The number of hydrogen-bond acceptors (Lipinski definition) is 5. The van der Waals surface area contributed by atoms with Crippen molar-refractivity contribution in [2.24, 2.45) is 0 Å². The molecule has 7 heteroatoms. The predicted molar refractivity (Wildman–Crippen MR) is 88.7 cm³/mol. The first-order valence-electron chi connectivity index (χ1n) is 7.67. The van der Waals surface area contributed by atoms with E-state index in [0.717, 1.165) is 11.3 Å². The number of methoxy groups -OCH3 is 1. The van der Waals surface area contributed by atoms with Gasteiger partial charge in [0.05, 0.1) is 12.7 Å². The van der Waals surface area contributed by atoms with Gasteiger partial charge in [0, 0.05) is 6.54 Å². The summed E-state index contributed by atoms with van der Waals surface area (Å²) in [6.45, 7) is 0.392. The summed E-state index contributed by atoms with van der Waals surface area (Å²) in [5.41, 5.74) is 1.18. The standard InChI is InChI=1S/C18H16FN3O3/c1-24-13-6-4-5-12(11-13)9-10-20-16(23)18-22-21-17(25-18)14-7-2-3-8-15(14)19/h2-8,11H,9-10H2,1H3,(H,20,23). The molecule has 0 saturated carbocycles. The van der Waals surface area contributed by atoms with Crippen molar-refractivity contribution in [2.45, 2.75) is 6.42 Å². The van der Waals surface area contributed by atoms with Crippen LogP contribution in [0.4, 0.5) is 4.39 Å². The minimum absolute atomic E-state index is 0.0314. The number of nitrogens with zero attached hydrogens (tertiary/aromatic N) is 2. The highest BCUT2D eigenvalue weighted by Gasteiger charge is 2.17. The number of carbonyl (C=O) groups excluding carboxylic acids is 1. The second-order valence-corrected chi connectivity index (χ2v) is 5.25. The second-order valence-electron chi connectivity index (χ2n) is 5.25. The van der Waals surface area contributed by atoms with Gasteiger partial charge in [0.15, 0.2) is 0 Å². The molecular formula is C18H16FN3O3. The van der Waals surface area contributed by atoms with Gasteiger partial charge in [-0.3, -0.25) is 4.79 Å². The zero-order chi connectivity index (χ0) is 17.6. The van der Waals surface area contributed by atoms with Crippen LogP contribution in [0.5, 0.6) is 5.75 Å². The number of hydrogen-bond donors (Lipinski definition) is 1. The molecule has 3 rings (SSSR count). The lowest BCUT2D eigenvalue weighted by molar-refractivity contribution is 0.0920. The maximum atomic E-state index is 13.7. The van der Waals surface area contributed by atoms with Crippen LogP contribution in [0.25, 0.3) is 11.5 Å². The molecule has 0 aliphatic rings. The molecule has 0 atom stereocenters. The van der Waals surface area contributed by atoms with Crippen LogP contribution in [0.15, 0.2) is 52.9 Å². The molecule has 0 radical (unpaired) electrons. The van der Waals surface area contributed by atoms with Crippen molar-refractivity contribution in [2.75, 3.05) is 13.7 Å². The van der Waals surface area contributed by atoms with E-state index in [1.807, 2.05) is 24.3 Å². The van der Waals surface area contributed by atoms with Gasteiger partial charge in [0.1, 0.15) is 11.6 Å². The van der Waals surface area contributed by atoms with Crippen LogP contribution in [0.1, 0.15) is 16.2 Å². The van der Waals surface area contributed by atoms with Gasteiger partial charge in [0.2, 0.25) is 0 Å². The summed E-state index contributed by atoms with van der Waals surface area (Å²) in [6.07, 6.45) is 0.622. The molecule has 1 N–H and O–H groups in total. The van der Waals surface area contributed by atoms with Crippen LogP contribution < -0.4 is 10.1 Å². The normalized spacial score (nSPS) is 10.5. The number of nitrogens with one attached hydrogen (secondary N) is 1. The number of benzene rings is 2. The monoisotopic (exact) mass is 341 g/mol. The van der Waals surface area contributed by atoms with E-state index < -0.39 is 11.7 Å². The summed E-state index contributed by atoms with van der Waals surface area (Å²) >= 11 is 0. The van der Waals surface area contributed by atoms with Crippen LogP contribution in [0, 0.1) is 5.82 Å². The number of aromatic nitrogens is 2. The molecule has 0 aliphatic carbocycles. The maximum Gasteiger partial charge on any atom is 0.308 e. The number of ether oxygens (including phenoxy) is 1. The van der Waals surface area contributed by atoms with E-state index in [-0.39, 0.29) is 17.3 Å². The Morgan fingerprint density at radius 2 is 2.04 bits per heavy atom. The van der Waals surface area contributed by atoms with Gasteiger partial charge in [-0.25, -0.2) is 4.39 Å². The van der Waals surface area contributed by atoms with E-state index in [2.05, 4.69) is 15.5 Å². The quantitative estimate of drug-likeness (QED) is 0.746. The Labute approximate surface area is 143 Å². The molecule has 0 spiro atoms. The van der Waals surface area contributed by atoms with Crippen LogP contribution in [-0.2, 0) is 6.42 Å². The van der Waals surface area contributed by atoms with Gasteiger partial charge >= 0.3 is 11.8 Å². The highest BCUT2D eigenvalue weighted by molar-refractivity contribution is 5.89. The third kappa shape index (κ3) is 4.00. The Balaban J connectivity index is 1.60. The summed E-state index contributed by atoms with van der Waals surface area (Å²) in [6, 6.07) is 13.6. The van der Waals surface area contributed by atoms with E-state index in [1.165, 1.54) is 12.1 Å². The van der Waals surface area contributed by atoms with Gasteiger partial charge < -0.3 is 14.5 Å². The highest BCUT2D eigenvalue weighted by atomic mass is 19.1. The minimum Gasteiger partial charge on any atom is -0.497 e. The third-order valence-corrected chi connectivity index (χ3v) is 3.56. The van der Waals surface area contributed by atoms with Gasteiger partial charge in [-0.15, -0.1) is 10.2 Å². The summed E-state index contributed by atoms with van der Waals surface area (Å²) in [5.74, 6) is -0.468. The zero-order valence-electron chi connectivity index (χ0n) is 13.5. The fourth-order valence-corrected chi connectivity index (χ4v) is 2.28. The van der Waals surface area contributed by atoms with Crippen molar-refractivity contribution in [3.63, 3.8) is 0 Å². The molecule has 6 nitrogen and oxygen atoms in total. The lowest BCUT2D eigenvalue weighted by Gasteiger charge is -2.05. The summed E-state index contributed by atoms with van der Waals surface area (Å²) in [7, 11) is 1.60. The van der Waals surface area contributed by atoms with Gasteiger partial charge in [0.25, 0.3) is 5.89 Å². The van der Waals surface area contributed by atoms with Crippen molar-refractivity contribution in [3.8, 4) is 17.2 Å². The van der Waals surface area contributed by atoms with Crippen molar-refractivity contribution >= 4 is 5.91 Å². The Hall–Kier alpha value is -3.22. The molecule has 3 aromatic rings. The van der Waals surface area contributed by atoms with Crippen molar-refractivity contribution in [1.82, 2.24) is 15.5 Å². The van der Waals surface area contributed by atoms with Gasteiger partial charge in [-0.2, -0.15) is 0 Å². The topological polar surface area (TPSA) is 77.2 Å². The Kier molecular flexibility index (Phi) is 5.03. The first-order valence-corrected chi connectivity index (χ1v) is 7.67. The number of halogens is 1. The lowest BCUT2D eigenvalue weighted by atomic mass is 10.1. The molecule has 25 heavy (non-hydrogen) atoms. The van der Waals surface area contributed by atoms with Crippen molar-refractivity contribution < 1.29 is 18.3 Å². The fourth-order valence-electron chi connectivity index (χ4n) is 2.28. The maximum absolute atomic E-state index is 13.7. The molecule has 0 fully saturated rings.